The highest BCUT2D eigenvalue weighted by atomic mass is 16.5. The van der Waals surface area contributed by atoms with Gasteiger partial charge in [-0.2, -0.15) is 0 Å². The maximum absolute atomic E-state index is 13.5. The zero-order valence-electron chi connectivity index (χ0n) is 17.0. The molecule has 0 spiro atoms. The Kier molecular flexibility index (Phi) is 5.18. The van der Waals surface area contributed by atoms with Gasteiger partial charge in [-0.1, -0.05) is 30.9 Å². The van der Waals surface area contributed by atoms with Crippen molar-refractivity contribution in [3.05, 3.63) is 87.3 Å². The van der Waals surface area contributed by atoms with Crippen LogP contribution in [-0.2, 0) is 0 Å². The largest absolute Gasteiger partial charge is 0.490 e. The van der Waals surface area contributed by atoms with Crippen LogP contribution in [0.2, 0.25) is 0 Å². The van der Waals surface area contributed by atoms with E-state index in [0.717, 1.165) is 11.1 Å². The molecule has 0 fully saturated rings. The molecule has 1 N–H and O–H groups in total. The molecule has 0 saturated carbocycles. The van der Waals surface area contributed by atoms with Gasteiger partial charge in [-0.25, -0.2) is 0 Å². The maximum Gasteiger partial charge on any atom is 0.290 e. The molecule has 1 atom stereocenters. The minimum absolute atomic E-state index is 0.0373. The number of aryl methyl sites for hydroxylation is 2. The van der Waals surface area contributed by atoms with Gasteiger partial charge in [0.25, 0.3) is 5.91 Å². The highest BCUT2D eigenvalue weighted by Crippen LogP contribution is 2.39. The summed E-state index contributed by atoms with van der Waals surface area (Å²) < 4.78 is 11.6. The minimum atomic E-state index is -0.659. The number of aliphatic hydroxyl groups excluding tert-OH is 1. The van der Waals surface area contributed by atoms with E-state index in [1.165, 1.54) is 4.90 Å². The summed E-state index contributed by atoms with van der Waals surface area (Å²) in [4.78, 5) is 28.1. The highest BCUT2D eigenvalue weighted by Gasteiger charge is 2.42. The van der Waals surface area contributed by atoms with Crippen LogP contribution in [0.1, 0.15) is 38.9 Å². The van der Waals surface area contributed by atoms with Crippen molar-refractivity contribution in [2.24, 2.45) is 0 Å². The van der Waals surface area contributed by atoms with Gasteiger partial charge in [-0.3, -0.25) is 9.59 Å². The Morgan fingerprint density at radius 2 is 2.03 bits per heavy atom. The number of aliphatic hydroxyl groups is 1. The molecule has 4 rings (SSSR count). The first-order valence-electron chi connectivity index (χ1n) is 9.79. The Balaban J connectivity index is 1.96. The first kappa shape index (κ1) is 19.9. The molecule has 6 heteroatoms. The van der Waals surface area contributed by atoms with E-state index in [1.54, 1.807) is 24.3 Å². The highest BCUT2D eigenvalue weighted by molar-refractivity contribution is 5.99. The van der Waals surface area contributed by atoms with E-state index in [1.807, 2.05) is 32.0 Å². The number of amides is 1. The number of rotatable bonds is 6. The van der Waals surface area contributed by atoms with Crippen molar-refractivity contribution in [1.82, 2.24) is 4.90 Å². The molecule has 0 saturated heterocycles. The lowest BCUT2D eigenvalue weighted by Gasteiger charge is -2.24. The molecular formula is C24H23NO5. The third kappa shape index (κ3) is 3.19. The average Bonchev–Trinajstić information content (AvgIpc) is 3.00. The molecule has 1 aromatic heterocycles. The molecule has 6 nitrogen and oxygen atoms in total. The summed E-state index contributed by atoms with van der Waals surface area (Å²) in [5.41, 5.74) is 2.95. The standard InChI is InChI=1S/C24H23NO5/c1-4-10-29-17-7-5-6-16(13-17)20-19-21(27)18-12-14(2)11-15(3)22(18)30-23(19)24(28)25(20)8-9-26/h4-7,11-13,20,26H,1,8-10H2,2-3H3. The molecule has 0 aliphatic carbocycles. The number of carbonyl (C=O) groups is 1. The van der Waals surface area contributed by atoms with Crippen LogP contribution in [0.25, 0.3) is 11.0 Å². The van der Waals surface area contributed by atoms with Crippen LogP contribution in [0.5, 0.6) is 5.75 Å². The maximum atomic E-state index is 13.5. The van der Waals surface area contributed by atoms with Crippen molar-refractivity contribution in [3.8, 4) is 5.75 Å². The second-order valence-electron chi connectivity index (χ2n) is 7.43. The van der Waals surface area contributed by atoms with E-state index in [4.69, 9.17) is 9.15 Å². The Morgan fingerprint density at radius 1 is 1.23 bits per heavy atom. The quantitative estimate of drug-likeness (QED) is 0.635. The van der Waals surface area contributed by atoms with Gasteiger partial charge in [-0.15, -0.1) is 0 Å². The van der Waals surface area contributed by atoms with E-state index in [-0.39, 0.29) is 24.3 Å². The van der Waals surface area contributed by atoms with Crippen molar-refractivity contribution in [1.29, 1.82) is 0 Å². The molecule has 1 aliphatic rings. The second kappa shape index (κ2) is 7.80. The number of β-amino-alcohol motifs (C(OH)–C–C–N with tert-alkyl or cyclic N) is 1. The summed E-state index contributed by atoms with van der Waals surface area (Å²) in [6, 6.07) is 10.3. The van der Waals surface area contributed by atoms with Gasteiger partial charge in [0, 0.05) is 6.54 Å². The van der Waals surface area contributed by atoms with Crippen molar-refractivity contribution < 1.29 is 19.1 Å². The van der Waals surface area contributed by atoms with Crippen LogP contribution in [0, 0.1) is 13.8 Å². The first-order valence-corrected chi connectivity index (χ1v) is 9.79. The van der Waals surface area contributed by atoms with Gasteiger partial charge in [-0.05, 0) is 48.7 Å². The predicted octanol–water partition coefficient (Wildman–Crippen LogP) is 3.51. The number of hydrogen-bond acceptors (Lipinski definition) is 5. The number of fused-ring (bicyclic) bond motifs is 2. The Morgan fingerprint density at radius 3 is 2.77 bits per heavy atom. The van der Waals surface area contributed by atoms with Gasteiger partial charge in [0.05, 0.1) is 23.6 Å². The molecule has 2 heterocycles. The molecular weight excluding hydrogens is 382 g/mol. The zero-order valence-corrected chi connectivity index (χ0v) is 17.0. The average molecular weight is 405 g/mol. The molecule has 0 bridgehead atoms. The van der Waals surface area contributed by atoms with Crippen LogP contribution in [-0.4, -0.2) is 35.7 Å². The molecule has 30 heavy (non-hydrogen) atoms. The molecule has 3 aromatic rings. The van der Waals surface area contributed by atoms with Crippen molar-refractivity contribution in [2.45, 2.75) is 19.9 Å². The number of ether oxygens (including phenoxy) is 1. The Hall–Kier alpha value is -3.38. The molecule has 154 valence electrons. The summed E-state index contributed by atoms with van der Waals surface area (Å²) in [6.07, 6.45) is 1.64. The first-order chi connectivity index (χ1) is 14.5. The van der Waals surface area contributed by atoms with Crippen LogP contribution in [0.3, 0.4) is 0 Å². The molecule has 1 aliphatic heterocycles. The lowest BCUT2D eigenvalue weighted by molar-refractivity contribution is 0.0691. The predicted molar refractivity (Wildman–Crippen MR) is 114 cm³/mol. The summed E-state index contributed by atoms with van der Waals surface area (Å²) in [5.74, 6) is 0.241. The monoisotopic (exact) mass is 405 g/mol. The fourth-order valence-corrected chi connectivity index (χ4v) is 4.09. The molecule has 2 aromatic carbocycles. The number of benzene rings is 2. The normalized spacial score (nSPS) is 15.5. The SMILES string of the molecule is C=CCOc1cccc(C2c3c(oc4c(C)cc(C)cc4c3=O)C(=O)N2CCO)c1. The van der Waals surface area contributed by atoms with Crippen LogP contribution in [0.4, 0.5) is 0 Å². The molecule has 1 unspecified atom stereocenters. The number of carbonyl (C=O) groups excluding carboxylic acids is 1. The third-order valence-corrected chi connectivity index (χ3v) is 5.28. The topological polar surface area (TPSA) is 80.0 Å². The zero-order chi connectivity index (χ0) is 21.4. The van der Waals surface area contributed by atoms with Gasteiger partial charge >= 0.3 is 0 Å². The second-order valence-corrected chi connectivity index (χ2v) is 7.43. The lowest BCUT2D eigenvalue weighted by Crippen LogP contribution is -2.32. The summed E-state index contributed by atoms with van der Waals surface area (Å²) >= 11 is 0. The summed E-state index contributed by atoms with van der Waals surface area (Å²) in [7, 11) is 0. The van der Waals surface area contributed by atoms with Gasteiger partial charge in [0.2, 0.25) is 5.76 Å². The van der Waals surface area contributed by atoms with Crippen LogP contribution in [0.15, 0.2) is 58.3 Å². The van der Waals surface area contributed by atoms with Crippen molar-refractivity contribution in [2.75, 3.05) is 19.8 Å². The summed E-state index contributed by atoms with van der Waals surface area (Å²) in [6.45, 7) is 7.62. The Bertz CT molecular complexity index is 1210. The third-order valence-electron chi connectivity index (χ3n) is 5.28. The molecule has 0 radical (unpaired) electrons. The minimum Gasteiger partial charge on any atom is -0.490 e. The van der Waals surface area contributed by atoms with E-state index >= 15 is 0 Å². The summed E-state index contributed by atoms with van der Waals surface area (Å²) in [5, 5.41) is 10.0. The molecule has 1 amide bonds. The lowest BCUT2D eigenvalue weighted by atomic mass is 9.97. The van der Waals surface area contributed by atoms with Gasteiger partial charge in [0.15, 0.2) is 5.43 Å². The van der Waals surface area contributed by atoms with Crippen LogP contribution < -0.4 is 10.2 Å². The Labute approximate surface area is 174 Å². The van der Waals surface area contributed by atoms with E-state index in [9.17, 15) is 14.7 Å². The van der Waals surface area contributed by atoms with E-state index in [0.29, 0.717) is 34.5 Å². The van der Waals surface area contributed by atoms with Crippen LogP contribution >= 0.6 is 0 Å². The van der Waals surface area contributed by atoms with E-state index < -0.39 is 11.9 Å². The van der Waals surface area contributed by atoms with Gasteiger partial charge in [0.1, 0.15) is 17.9 Å². The van der Waals surface area contributed by atoms with E-state index in [2.05, 4.69) is 6.58 Å². The number of nitrogens with zero attached hydrogens (tertiary/aromatic N) is 1. The smallest absolute Gasteiger partial charge is 0.290 e. The number of hydrogen-bond donors (Lipinski definition) is 1. The van der Waals surface area contributed by atoms with Crippen molar-refractivity contribution in [3.63, 3.8) is 0 Å². The fourth-order valence-electron chi connectivity index (χ4n) is 4.09. The van der Waals surface area contributed by atoms with Gasteiger partial charge < -0.3 is 19.2 Å². The fraction of sp³-hybridized carbons (Fsp3) is 0.250. The van der Waals surface area contributed by atoms with Crippen molar-refractivity contribution >= 4 is 16.9 Å².